The fourth-order valence-corrected chi connectivity index (χ4v) is 5.10. The summed E-state index contributed by atoms with van der Waals surface area (Å²) in [6.07, 6.45) is 1.69. The second-order valence-electron chi connectivity index (χ2n) is 10.8. The van der Waals surface area contributed by atoms with Gasteiger partial charge < -0.3 is 19.5 Å². The largest absolute Gasteiger partial charge is 0.461 e. The van der Waals surface area contributed by atoms with Crippen molar-refractivity contribution in [2.75, 3.05) is 39.5 Å². The molecule has 1 saturated heterocycles. The fourth-order valence-electron chi connectivity index (χ4n) is 5.10. The highest BCUT2D eigenvalue weighted by Gasteiger charge is 2.13. The van der Waals surface area contributed by atoms with Crippen LogP contribution >= 0.6 is 0 Å². The van der Waals surface area contributed by atoms with Gasteiger partial charge in [-0.05, 0) is 78.2 Å². The van der Waals surface area contributed by atoms with Gasteiger partial charge >= 0.3 is 5.97 Å². The van der Waals surface area contributed by atoms with Crippen molar-refractivity contribution in [2.45, 2.75) is 13.5 Å². The Balaban J connectivity index is 1.03. The quantitative estimate of drug-likeness (QED) is 0.200. The molecule has 0 saturated carbocycles. The maximum atomic E-state index is 12.8. The second-order valence-corrected chi connectivity index (χ2v) is 10.8. The van der Waals surface area contributed by atoms with Crippen LogP contribution in [0.4, 0.5) is 0 Å². The Bertz CT molecular complexity index is 1800. The average Bonchev–Trinajstić information content (AvgIpc) is 3.08. The Labute approximate surface area is 261 Å². The summed E-state index contributed by atoms with van der Waals surface area (Å²) in [5.41, 5.74) is 6.28. The number of nitrogens with zero attached hydrogens (tertiary/aromatic N) is 3. The van der Waals surface area contributed by atoms with E-state index in [1.807, 2.05) is 61.5 Å². The number of nitrogens with one attached hydrogen (secondary N) is 1. The lowest BCUT2D eigenvalue weighted by Gasteiger charge is -2.26. The maximum Gasteiger partial charge on any atom is 0.338 e. The van der Waals surface area contributed by atoms with Crippen LogP contribution in [0.25, 0.3) is 22.2 Å². The third-order valence-electron chi connectivity index (χ3n) is 7.54. The van der Waals surface area contributed by atoms with Gasteiger partial charge in [0, 0.05) is 37.9 Å². The number of rotatable bonds is 10. The van der Waals surface area contributed by atoms with Crippen molar-refractivity contribution in [1.82, 2.24) is 20.2 Å². The van der Waals surface area contributed by atoms with Gasteiger partial charge in [-0.25, -0.2) is 9.78 Å². The van der Waals surface area contributed by atoms with Crippen molar-refractivity contribution in [3.05, 3.63) is 120 Å². The van der Waals surface area contributed by atoms with E-state index in [0.717, 1.165) is 41.0 Å². The molecule has 0 radical (unpaired) electrons. The van der Waals surface area contributed by atoms with Gasteiger partial charge in [0.05, 0.1) is 35.5 Å². The highest BCUT2D eigenvalue weighted by molar-refractivity contribution is 5.97. The van der Waals surface area contributed by atoms with Gasteiger partial charge in [0.25, 0.3) is 5.91 Å². The van der Waals surface area contributed by atoms with Crippen molar-refractivity contribution in [3.8, 4) is 22.6 Å². The van der Waals surface area contributed by atoms with E-state index in [-0.39, 0.29) is 11.9 Å². The zero-order valence-electron chi connectivity index (χ0n) is 25.1. The lowest BCUT2D eigenvalue weighted by atomic mass is 10.0. The number of carbonyl (C=O) groups excluding carboxylic acids is 2. The van der Waals surface area contributed by atoms with E-state index in [1.165, 1.54) is 0 Å². The van der Waals surface area contributed by atoms with E-state index >= 15 is 0 Å². The summed E-state index contributed by atoms with van der Waals surface area (Å²) in [6.45, 7) is 6.43. The molecular formula is C36H34N4O5. The molecule has 1 amide bonds. The lowest BCUT2D eigenvalue weighted by Crippen LogP contribution is -2.38. The molecule has 228 valence electrons. The zero-order valence-corrected chi connectivity index (χ0v) is 25.1. The van der Waals surface area contributed by atoms with Crippen molar-refractivity contribution in [3.63, 3.8) is 0 Å². The number of morpholine rings is 1. The molecule has 2 heterocycles. The minimum absolute atomic E-state index is 0.170. The standard InChI is InChI=1S/C36H34N4O5/c1-25-23-37-34-22-29(10-13-33(34)39-25)35(41)38-24-26-4-2-5-28(20-26)27-8-11-31(12-9-27)45-32-7-3-6-30(21-32)36(42)44-19-16-40-14-17-43-18-15-40/h2-13,20-23H,14-19,24H2,1H3,(H,38,41). The third kappa shape index (κ3) is 7.89. The molecule has 9 heteroatoms. The summed E-state index contributed by atoms with van der Waals surface area (Å²) in [5, 5.41) is 3.00. The third-order valence-corrected chi connectivity index (χ3v) is 7.54. The summed E-state index contributed by atoms with van der Waals surface area (Å²) < 4.78 is 16.9. The number of ether oxygens (including phenoxy) is 3. The maximum absolute atomic E-state index is 12.8. The molecule has 0 aliphatic carbocycles. The van der Waals surface area contributed by atoms with Crippen molar-refractivity contribution < 1.29 is 23.8 Å². The van der Waals surface area contributed by atoms with Crippen molar-refractivity contribution in [1.29, 1.82) is 0 Å². The van der Waals surface area contributed by atoms with E-state index in [1.54, 1.807) is 36.5 Å². The van der Waals surface area contributed by atoms with E-state index in [0.29, 0.717) is 61.1 Å². The van der Waals surface area contributed by atoms with E-state index in [9.17, 15) is 9.59 Å². The Morgan fingerprint density at radius 3 is 2.51 bits per heavy atom. The highest BCUT2D eigenvalue weighted by Crippen LogP contribution is 2.27. The number of fused-ring (bicyclic) bond motifs is 1. The van der Waals surface area contributed by atoms with Gasteiger partial charge in [-0.3, -0.25) is 14.7 Å². The lowest BCUT2D eigenvalue weighted by molar-refractivity contribution is 0.0195. The Hall–Kier alpha value is -5.12. The topological polar surface area (TPSA) is 103 Å². The monoisotopic (exact) mass is 602 g/mol. The minimum atomic E-state index is -0.373. The molecular weight excluding hydrogens is 568 g/mol. The first kappa shape index (κ1) is 29.9. The van der Waals surface area contributed by atoms with E-state index < -0.39 is 0 Å². The number of aryl methyl sites for hydroxylation is 1. The molecule has 0 spiro atoms. The highest BCUT2D eigenvalue weighted by atomic mass is 16.5. The molecule has 1 aromatic heterocycles. The fraction of sp³-hybridized carbons (Fsp3) is 0.222. The first-order chi connectivity index (χ1) is 22.0. The molecule has 0 bridgehead atoms. The predicted octanol–water partition coefficient (Wildman–Crippen LogP) is 5.82. The normalized spacial score (nSPS) is 13.4. The van der Waals surface area contributed by atoms with Crippen LogP contribution in [0.3, 0.4) is 0 Å². The van der Waals surface area contributed by atoms with Gasteiger partial charge in [0.2, 0.25) is 0 Å². The van der Waals surface area contributed by atoms with E-state index in [4.69, 9.17) is 14.2 Å². The molecule has 1 N–H and O–H groups in total. The van der Waals surface area contributed by atoms with Gasteiger partial charge in [-0.15, -0.1) is 0 Å². The second kappa shape index (κ2) is 14.1. The van der Waals surface area contributed by atoms with Gasteiger partial charge in [0.15, 0.2) is 0 Å². The first-order valence-electron chi connectivity index (χ1n) is 15.0. The van der Waals surface area contributed by atoms with Crippen LogP contribution in [0.1, 0.15) is 32.0 Å². The number of amides is 1. The Kier molecular flexibility index (Phi) is 9.38. The molecule has 1 aliphatic rings. The minimum Gasteiger partial charge on any atom is -0.461 e. The number of hydrogen-bond acceptors (Lipinski definition) is 8. The molecule has 1 aliphatic heterocycles. The molecule has 0 atom stereocenters. The van der Waals surface area contributed by atoms with Crippen LogP contribution in [0.2, 0.25) is 0 Å². The van der Waals surface area contributed by atoms with E-state index in [2.05, 4.69) is 26.3 Å². The smallest absolute Gasteiger partial charge is 0.338 e. The molecule has 5 aromatic rings. The molecule has 45 heavy (non-hydrogen) atoms. The summed E-state index contributed by atoms with van der Waals surface area (Å²) in [5.74, 6) is 0.658. The van der Waals surface area contributed by atoms with Crippen molar-refractivity contribution >= 4 is 22.9 Å². The average molecular weight is 603 g/mol. The first-order valence-corrected chi connectivity index (χ1v) is 15.0. The molecule has 1 fully saturated rings. The molecule has 9 nitrogen and oxygen atoms in total. The Morgan fingerprint density at radius 2 is 1.67 bits per heavy atom. The summed E-state index contributed by atoms with van der Waals surface area (Å²) >= 11 is 0. The van der Waals surface area contributed by atoms with Crippen LogP contribution in [0, 0.1) is 6.92 Å². The van der Waals surface area contributed by atoms with Crippen molar-refractivity contribution in [2.24, 2.45) is 0 Å². The van der Waals surface area contributed by atoms with Crippen LogP contribution < -0.4 is 10.1 Å². The summed E-state index contributed by atoms with van der Waals surface area (Å²) in [6, 6.07) is 28.1. The van der Waals surface area contributed by atoms with Gasteiger partial charge in [-0.1, -0.05) is 36.4 Å². The van der Waals surface area contributed by atoms with Crippen LogP contribution in [-0.2, 0) is 16.0 Å². The number of carbonyl (C=O) groups is 2. The van der Waals surface area contributed by atoms with Crippen LogP contribution in [0.5, 0.6) is 11.5 Å². The number of benzene rings is 4. The number of esters is 1. The zero-order chi connectivity index (χ0) is 31.0. The molecule has 0 unspecified atom stereocenters. The molecule has 6 rings (SSSR count). The molecule has 4 aromatic carbocycles. The SMILES string of the molecule is Cc1cnc2cc(C(=O)NCc3cccc(-c4ccc(Oc5cccc(C(=O)OCCN6CCOCC6)c5)cc4)c3)ccc2n1. The summed E-state index contributed by atoms with van der Waals surface area (Å²) in [7, 11) is 0. The number of hydrogen-bond donors (Lipinski definition) is 1. The van der Waals surface area contributed by atoms with Crippen LogP contribution in [-0.4, -0.2) is 66.2 Å². The van der Waals surface area contributed by atoms with Crippen LogP contribution in [0.15, 0.2) is 97.2 Å². The Morgan fingerprint density at radius 1 is 0.844 bits per heavy atom. The summed E-state index contributed by atoms with van der Waals surface area (Å²) in [4.78, 5) is 36.5. The number of aromatic nitrogens is 2. The predicted molar refractivity (Wildman–Crippen MR) is 171 cm³/mol. The van der Waals surface area contributed by atoms with Gasteiger partial charge in [-0.2, -0.15) is 0 Å². The van der Waals surface area contributed by atoms with Gasteiger partial charge in [0.1, 0.15) is 18.1 Å².